The molecule has 3 N–H and O–H groups in total. The Morgan fingerprint density at radius 3 is 2.87 bits per heavy atom. The number of hydrogen-bond donors (Lipinski definition) is 2. The molecule has 0 aliphatic heterocycles. The number of carbonyl (C=O) groups is 1. The summed E-state index contributed by atoms with van der Waals surface area (Å²) in [5.41, 5.74) is 5.94. The quantitative estimate of drug-likeness (QED) is 0.775. The number of halogens is 1. The van der Waals surface area contributed by atoms with Crippen LogP contribution in [-0.4, -0.2) is 24.2 Å². The van der Waals surface area contributed by atoms with Crippen molar-refractivity contribution in [1.29, 1.82) is 0 Å². The summed E-state index contributed by atoms with van der Waals surface area (Å²) in [5, 5.41) is 8.62. The van der Waals surface area contributed by atoms with E-state index in [9.17, 15) is 9.18 Å². The van der Waals surface area contributed by atoms with E-state index in [1.807, 2.05) is 0 Å². The van der Waals surface area contributed by atoms with Gasteiger partial charge in [-0.2, -0.15) is 0 Å². The number of carboxylic acid groups (broad SMARTS) is 1. The Morgan fingerprint density at radius 1 is 1.67 bits per heavy atom. The van der Waals surface area contributed by atoms with Gasteiger partial charge in [-0.05, 0) is 11.6 Å². The van der Waals surface area contributed by atoms with Gasteiger partial charge in [0.1, 0.15) is 17.6 Å². The fourth-order valence-electron chi connectivity index (χ4n) is 1.21. The molecule has 0 bridgehead atoms. The van der Waals surface area contributed by atoms with Crippen LogP contribution in [0, 0.1) is 5.82 Å². The number of benzene rings is 1. The molecule has 0 spiro atoms. The highest BCUT2D eigenvalue weighted by Crippen LogP contribution is 2.20. The van der Waals surface area contributed by atoms with E-state index in [4.69, 9.17) is 15.6 Å². The van der Waals surface area contributed by atoms with Gasteiger partial charge in [-0.25, -0.2) is 4.39 Å². The summed E-state index contributed by atoms with van der Waals surface area (Å²) in [6, 6.07) is 2.90. The van der Waals surface area contributed by atoms with Gasteiger partial charge in [-0.1, -0.05) is 6.07 Å². The van der Waals surface area contributed by atoms with Crippen molar-refractivity contribution in [3.8, 4) is 5.75 Å². The molecule has 0 saturated carbocycles. The van der Waals surface area contributed by atoms with Crippen LogP contribution in [-0.2, 0) is 11.2 Å². The van der Waals surface area contributed by atoms with E-state index in [0.29, 0.717) is 11.3 Å². The molecule has 0 heterocycles. The minimum Gasteiger partial charge on any atom is -0.496 e. The summed E-state index contributed by atoms with van der Waals surface area (Å²) < 4.78 is 17.7. The van der Waals surface area contributed by atoms with Crippen molar-refractivity contribution in [3.05, 3.63) is 29.6 Å². The molecule has 1 atom stereocenters. The fraction of sp³-hybridized carbons (Fsp3) is 0.300. The van der Waals surface area contributed by atoms with E-state index < -0.39 is 17.8 Å². The van der Waals surface area contributed by atoms with Gasteiger partial charge in [0.2, 0.25) is 0 Å². The van der Waals surface area contributed by atoms with Gasteiger partial charge < -0.3 is 15.6 Å². The minimum absolute atomic E-state index is 0.110. The summed E-state index contributed by atoms with van der Waals surface area (Å²) in [4.78, 5) is 10.5. The second kappa shape index (κ2) is 4.75. The Labute approximate surface area is 86.5 Å². The Bertz CT molecular complexity index is 368. The molecule has 1 rings (SSSR count). The van der Waals surface area contributed by atoms with E-state index in [2.05, 4.69) is 0 Å². The minimum atomic E-state index is -1.10. The summed E-state index contributed by atoms with van der Waals surface area (Å²) >= 11 is 0. The summed E-state index contributed by atoms with van der Waals surface area (Å²) in [7, 11) is 1.39. The second-order valence-corrected chi connectivity index (χ2v) is 3.11. The highest BCUT2D eigenvalue weighted by Gasteiger charge is 2.15. The molecule has 0 aliphatic rings. The van der Waals surface area contributed by atoms with Gasteiger partial charge in [0.05, 0.1) is 7.11 Å². The molecular formula is C10H12FNO3. The zero-order valence-electron chi connectivity index (χ0n) is 8.24. The van der Waals surface area contributed by atoms with Crippen molar-refractivity contribution in [2.24, 2.45) is 5.73 Å². The van der Waals surface area contributed by atoms with Crippen LogP contribution in [0.3, 0.4) is 0 Å². The second-order valence-electron chi connectivity index (χ2n) is 3.11. The Morgan fingerprint density at radius 2 is 2.33 bits per heavy atom. The number of carboxylic acids is 1. The molecule has 0 radical (unpaired) electrons. The van der Waals surface area contributed by atoms with Gasteiger partial charge in [0.15, 0.2) is 0 Å². The zero-order valence-corrected chi connectivity index (χ0v) is 8.24. The van der Waals surface area contributed by atoms with Crippen molar-refractivity contribution in [2.45, 2.75) is 12.5 Å². The molecule has 0 aliphatic carbocycles. The highest BCUT2D eigenvalue weighted by atomic mass is 19.1. The van der Waals surface area contributed by atoms with E-state index in [1.54, 1.807) is 0 Å². The van der Waals surface area contributed by atoms with Crippen LogP contribution in [0.1, 0.15) is 5.56 Å². The third kappa shape index (κ3) is 2.92. The number of methoxy groups -OCH3 is 1. The van der Waals surface area contributed by atoms with E-state index >= 15 is 0 Å². The van der Waals surface area contributed by atoms with Crippen molar-refractivity contribution < 1.29 is 19.0 Å². The topological polar surface area (TPSA) is 72.5 Å². The van der Waals surface area contributed by atoms with Gasteiger partial charge in [0.25, 0.3) is 0 Å². The lowest BCUT2D eigenvalue weighted by Gasteiger charge is -2.10. The van der Waals surface area contributed by atoms with Crippen LogP contribution < -0.4 is 10.5 Å². The molecule has 0 unspecified atom stereocenters. The number of ether oxygens (including phenoxy) is 1. The van der Waals surface area contributed by atoms with Gasteiger partial charge in [-0.3, -0.25) is 4.79 Å². The fourth-order valence-corrected chi connectivity index (χ4v) is 1.21. The molecule has 4 nitrogen and oxygen atoms in total. The first-order valence-corrected chi connectivity index (χ1v) is 4.35. The summed E-state index contributed by atoms with van der Waals surface area (Å²) in [6.07, 6.45) is 0.110. The number of hydrogen-bond acceptors (Lipinski definition) is 3. The van der Waals surface area contributed by atoms with Crippen molar-refractivity contribution >= 4 is 5.97 Å². The molecule has 82 valence electrons. The standard InChI is InChI=1S/C10H12FNO3/c1-15-9-5-7(11)3-2-6(9)4-8(12)10(13)14/h2-3,5,8H,4,12H2,1H3,(H,13,14)/t8-/m1/s1. The van der Waals surface area contributed by atoms with Gasteiger partial charge >= 0.3 is 5.97 Å². The van der Waals surface area contributed by atoms with E-state index in [-0.39, 0.29) is 6.42 Å². The number of aliphatic carboxylic acids is 1. The Balaban J connectivity index is 2.89. The van der Waals surface area contributed by atoms with Crippen molar-refractivity contribution in [3.63, 3.8) is 0 Å². The first-order chi connectivity index (χ1) is 7.04. The highest BCUT2D eigenvalue weighted by molar-refractivity contribution is 5.73. The van der Waals surface area contributed by atoms with Crippen molar-refractivity contribution in [2.75, 3.05) is 7.11 Å². The first kappa shape index (κ1) is 11.5. The Hall–Kier alpha value is -1.62. The van der Waals surface area contributed by atoms with Gasteiger partial charge in [0, 0.05) is 12.5 Å². The normalized spacial score (nSPS) is 12.2. The van der Waals surface area contributed by atoms with Crippen LogP contribution in [0.15, 0.2) is 18.2 Å². The maximum atomic E-state index is 12.8. The molecule has 0 amide bonds. The van der Waals surface area contributed by atoms with Gasteiger partial charge in [-0.15, -0.1) is 0 Å². The molecule has 0 fully saturated rings. The maximum Gasteiger partial charge on any atom is 0.320 e. The summed E-state index contributed by atoms with van der Waals surface area (Å²) in [6.45, 7) is 0. The van der Waals surface area contributed by atoms with Crippen LogP contribution >= 0.6 is 0 Å². The average Bonchev–Trinajstić information content (AvgIpc) is 2.20. The molecule has 0 saturated heterocycles. The monoisotopic (exact) mass is 213 g/mol. The first-order valence-electron chi connectivity index (χ1n) is 4.35. The van der Waals surface area contributed by atoms with Crippen LogP contribution in [0.25, 0.3) is 0 Å². The lowest BCUT2D eigenvalue weighted by atomic mass is 10.1. The predicted molar refractivity (Wildman–Crippen MR) is 52.3 cm³/mol. The number of rotatable bonds is 4. The van der Waals surface area contributed by atoms with Crippen LogP contribution in [0.5, 0.6) is 5.75 Å². The largest absolute Gasteiger partial charge is 0.496 e. The predicted octanol–water partition coefficient (Wildman–Crippen LogP) is 0.789. The third-order valence-electron chi connectivity index (χ3n) is 2.01. The molecule has 15 heavy (non-hydrogen) atoms. The van der Waals surface area contributed by atoms with E-state index in [1.165, 1.54) is 25.3 Å². The molecular weight excluding hydrogens is 201 g/mol. The number of nitrogens with two attached hydrogens (primary N) is 1. The molecule has 0 aromatic heterocycles. The SMILES string of the molecule is COc1cc(F)ccc1C[C@@H](N)C(=O)O. The molecule has 1 aromatic rings. The lowest BCUT2D eigenvalue weighted by molar-refractivity contribution is -0.138. The molecule has 5 heteroatoms. The smallest absolute Gasteiger partial charge is 0.320 e. The van der Waals surface area contributed by atoms with Crippen LogP contribution in [0.4, 0.5) is 4.39 Å². The zero-order chi connectivity index (χ0) is 11.4. The molecule has 1 aromatic carbocycles. The third-order valence-corrected chi connectivity index (χ3v) is 2.01. The van der Waals surface area contributed by atoms with Crippen molar-refractivity contribution in [1.82, 2.24) is 0 Å². The lowest BCUT2D eigenvalue weighted by Crippen LogP contribution is -2.32. The van der Waals surface area contributed by atoms with E-state index in [0.717, 1.165) is 0 Å². The van der Waals surface area contributed by atoms with Crippen LogP contribution in [0.2, 0.25) is 0 Å². The Kier molecular flexibility index (Phi) is 3.62. The maximum absolute atomic E-state index is 12.8. The average molecular weight is 213 g/mol. The summed E-state index contributed by atoms with van der Waals surface area (Å²) in [5.74, 6) is -1.22.